The van der Waals surface area contributed by atoms with Crippen LogP contribution in [0.5, 0.6) is 0 Å². The van der Waals surface area contributed by atoms with Gasteiger partial charge in [-0.25, -0.2) is 9.97 Å². The quantitative estimate of drug-likeness (QED) is 0.748. The maximum Gasteiger partial charge on any atom is 0.274 e. The summed E-state index contributed by atoms with van der Waals surface area (Å²) in [5, 5.41) is 14.8. The largest absolute Gasteiger partial charge is 0.324 e. The van der Waals surface area contributed by atoms with Gasteiger partial charge in [-0.05, 0) is 55.8 Å². The first-order chi connectivity index (χ1) is 12.5. The Balaban J connectivity index is 1.82. The minimum absolute atomic E-state index is 0.245. The minimum Gasteiger partial charge on any atom is -0.324 e. The van der Waals surface area contributed by atoms with E-state index in [-0.39, 0.29) is 11.6 Å². The fraction of sp³-hybridized carbons (Fsp3) is 0.100. The van der Waals surface area contributed by atoms with Gasteiger partial charge in [0.2, 0.25) is 5.95 Å². The van der Waals surface area contributed by atoms with E-state index in [2.05, 4.69) is 20.6 Å². The van der Waals surface area contributed by atoms with Crippen LogP contribution in [0.25, 0.3) is 0 Å². The van der Waals surface area contributed by atoms with Gasteiger partial charge in [-0.2, -0.15) is 5.26 Å². The lowest BCUT2D eigenvalue weighted by Gasteiger charge is -2.09. The highest BCUT2D eigenvalue weighted by Gasteiger charge is 2.11. The number of aromatic nitrogens is 2. The Bertz CT molecular complexity index is 1010. The summed E-state index contributed by atoms with van der Waals surface area (Å²) in [5.74, 6) is -0.00981. The molecule has 0 saturated heterocycles. The molecule has 0 atom stereocenters. The lowest BCUT2D eigenvalue weighted by atomic mass is 10.2. The molecule has 2 aromatic carbocycles. The van der Waals surface area contributed by atoms with Gasteiger partial charge in [0.25, 0.3) is 5.91 Å². The molecule has 1 amide bonds. The highest BCUT2D eigenvalue weighted by Crippen LogP contribution is 2.16. The van der Waals surface area contributed by atoms with Crippen LogP contribution in [0.3, 0.4) is 0 Å². The van der Waals surface area contributed by atoms with Crippen molar-refractivity contribution in [3.63, 3.8) is 0 Å². The maximum atomic E-state index is 12.5. The van der Waals surface area contributed by atoms with Crippen LogP contribution in [-0.2, 0) is 0 Å². The Labute approximate surface area is 151 Å². The number of amides is 1. The van der Waals surface area contributed by atoms with Crippen molar-refractivity contribution in [1.82, 2.24) is 9.97 Å². The molecule has 0 unspecified atom stereocenters. The van der Waals surface area contributed by atoms with Crippen molar-refractivity contribution in [1.29, 1.82) is 5.26 Å². The molecular weight excluding hydrogens is 326 g/mol. The van der Waals surface area contributed by atoms with Crippen LogP contribution >= 0.6 is 0 Å². The van der Waals surface area contributed by atoms with Crippen molar-refractivity contribution in [2.24, 2.45) is 0 Å². The second kappa shape index (κ2) is 7.45. The van der Waals surface area contributed by atoms with Crippen LogP contribution < -0.4 is 10.6 Å². The zero-order valence-corrected chi connectivity index (χ0v) is 14.4. The number of nitrogens with one attached hydrogen (secondary N) is 2. The number of aryl methyl sites for hydroxylation is 2. The van der Waals surface area contributed by atoms with E-state index in [1.807, 2.05) is 37.3 Å². The molecule has 3 rings (SSSR count). The molecule has 0 radical (unpaired) electrons. The summed E-state index contributed by atoms with van der Waals surface area (Å²) in [5.41, 5.74) is 3.89. The van der Waals surface area contributed by atoms with Crippen molar-refractivity contribution in [2.75, 3.05) is 10.6 Å². The van der Waals surface area contributed by atoms with Crippen molar-refractivity contribution >= 4 is 23.2 Å². The van der Waals surface area contributed by atoms with Gasteiger partial charge in [-0.3, -0.25) is 4.79 Å². The summed E-state index contributed by atoms with van der Waals surface area (Å²) in [6, 6.07) is 18.2. The first-order valence-electron chi connectivity index (χ1n) is 8.04. The number of benzene rings is 2. The molecule has 6 heteroatoms. The van der Waals surface area contributed by atoms with Crippen LogP contribution in [0.1, 0.15) is 27.3 Å². The zero-order valence-electron chi connectivity index (χ0n) is 14.4. The van der Waals surface area contributed by atoms with Crippen LogP contribution in [0.15, 0.2) is 54.6 Å². The third-order valence-electron chi connectivity index (χ3n) is 3.61. The van der Waals surface area contributed by atoms with Gasteiger partial charge in [-0.1, -0.05) is 18.2 Å². The van der Waals surface area contributed by atoms with Crippen LogP contribution in [0.4, 0.5) is 17.3 Å². The van der Waals surface area contributed by atoms with Crippen molar-refractivity contribution in [3.05, 3.63) is 77.1 Å². The van der Waals surface area contributed by atoms with E-state index < -0.39 is 0 Å². The highest BCUT2D eigenvalue weighted by atomic mass is 16.1. The Morgan fingerprint density at radius 1 is 1.00 bits per heavy atom. The Kier molecular flexibility index (Phi) is 4.90. The Morgan fingerprint density at radius 3 is 2.54 bits per heavy atom. The van der Waals surface area contributed by atoms with Gasteiger partial charge in [-0.15, -0.1) is 0 Å². The Morgan fingerprint density at radius 2 is 1.77 bits per heavy atom. The molecule has 0 fully saturated rings. The third kappa shape index (κ3) is 4.22. The molecular formula is C20H17N5O. The summed E-state index contributed by atoms with van der Waals surface area (Å²) in [7, 11) is 0. The number of hydrogen-bond acceptors (Lipinski definition) is 5. The van der Waals surface area contributed by atoms with Crippen molar-refractivity contribution in [2.45, 2.75) is 13.8 Å². The summed E-state index contributed by atoms with van der Waals surface area (Å²) in [6.45, 7) is 3.80. The molecule has 2 N–H and O–H groups in total. The molecule has 0 aliphatic heterocycles. The van der Waals surface area contributed by atoms with E-state index >= 15 is 0 Å². The molecule has 26 heavy (non-hydrogen) atoms. The number of rotatable bonds is 4. The van der Waals surface area contributed by atoms with Gasteiger partial charge in [0, 0.05) is 17.1 Å². The standard InChI is InChI=1S/C20H17N5O/c1-13-5-3-7-16(9-13)24-20-22-14(2)10-18(25-20)19(26)23-17-8-4-6-15(11-17)12-21/h3-11H,1-2H3,(H,23,26)(H,22,24,25). The molecule has 1 heterocycles. The molecule has 3 aromatic rings. The SMILES string of the molecule is Cc1cccc(Nc2nc(C)cc(C(=O)Nc3cccc(C#N)c3)n2)c1. The fourth-order valence-corrected chi connectivity index (χ4v) is 2.45. The number of nitrogens with zero attached hydrogens (tertiary/aromatic N) is 3. The monoisotopic (exact) mass is 343 g/mol. The third-order valence-corrected chi connectivity index (χ3v) is 3.61. The first-order valence-corrected chi connectivity index (χ1v) is 8.04. The first kappa shape index (κ1) is 17.1. The maximum absolute atomic E-state index is 12.5. The minimum atomic E-state index is -0.363. The lowest BCUT2D eigenvalue weighted by molar-refractivity contribution is 0.102. The van der Waals surface area contributed by atoms with Gasteiger partial charge in [0.1, 0.15) is 5.69 Å². The van der Waals surface area contributed by atoms with E-state index in [1.165, 1.54) is 0 Å². The highest BCUT2D eigenvalue weighted by molar-refractivity contribution is 6.03. The molecule has 0 bridgehead atoms. The molecule has 128 valence electrons. The molecule has 0 aliphatic rings. The predicted octanol–water partition coefficient (Wildman–Crippen LogP) is 3.96. The normalized spacial score (nSPS) is 10.0. The number of carbonyl (C=O) groups excluding carboxylic acids is 1. The average molecular weight is 343 g/mol. The smallest absolute Gasteiger partial charge is 0.274 e. The second-order valence-corrected chi connectivity index (χ2v) is 5.86. The van der Waals surface area contributed by atoms with Crippen LogP contribution in [0, 0.1) is 25.2 Å². The molecule has 0 spiro atoms. The summed E-state index contributed by atoms with van der Waals surface area (Å²) in [6.07, 6.45) is 0. The average Bonchev–Trinajstić information content (AvgIpc) is 2.61. The van der Waals surface area contributed by atoms with Crippen LogP contribution in [-0.4, -0.2) is 15.9 Å². The van der Waals surface area contributed by atoms with Gasteiger partial charge < -0.3 is 10.6 Å². The van der Waals surface area contributed by atoms with Crippen LogP contribution in [0.2, 0.25) is 0 Å². The fourth-order valence-electron chi connectivity index (χ4n) is 2.45. The lowest BCUT2D eigenvalue weighted by Crippen LogP contribution is -2.15. The summed E-state index contributed by atoms with van der Waals surface area (Å²) < 4.78 is 0. The van der Waals surface area contributed by atoms with Gasteiger partial charge >= 0.3 is 0 Å². The van der Waals surface area contributed by atoms with E-state index in [0.29, 0.717) is 22.9 Å². The molecule has 6 nitrogen and oxygen atoms in total. The molecule has 1 aromatic heterocycles. The second-order valence-electron chi connectivity index (χ2n) is 5.86. The number of hydrogen-bond donors (Lipinski definition) is 2. The molecule has 0 saturated carbocycles. The number of carbonyl (C=O) groups is 1. The van der Waals surface area contributed by atoms with E-state index in [4.69, 9.17) is 5.26 Å². The van der Waals surface area contributed by atoms with E-state index in [0.717, 1.165) is 11.3 Å². The topological polar surface area (TPSA) is 90.7 Å². The van der Waals surface area contributed by atoms with Gasteiger partial charge in [0.05, 0.1) is 11.6 Å². The number of anilines is 3. The van der Waals surface area contributed by atoms with Crippen molar-refractivity contribution < 1.29 is 4.79 Å². The van der Waals surface area contributed by atoms with E-state index in [9.17, 15) is 4.79 Å². The predicted molar refractivity (Wildman–Crippen MR) is 100 cm³/mol. The molecule has 0 aliphatic carbocycles. The zero-order chi connectivity index (χ0) is 18.5. The Hall–Kier alpha value is -3.72. The summed E-state index contributed by atoms with van der Waals surface area (Å²) in [4.78, 5) is 21.1. The summed E-state index contributed by atoms with van der Waals surface area (Å²) >= 11 is 0. The number of nitriles is 1. The van der Waals surface area contributed by atoms with Gasteiger partial charge in [0.15, 0.2) is 0 Å². The van der Waals surface area contributed by atoms with E-state index in [1.54, 1.807) is 37.3 Å². The van der Waals surface area contributed by atoms with Crippen molar-refractivity contribution in [3.8, 4) is 6.07 Å².